The smallest absolute Gasteiger partial charge is 0.255 e. The van der Waals surface area contributed by atoms with Crippen molar-refractivity contribution in [2.45, 2.75) is 13.1 Å². The summed E-state index contributed by atoms with van der Waals surface area (Å²) in [6.07, 6.45) is 5.13. The number of rotatable bonds is 7. The van der Waals surface area contributed by atoms with Gasteiger partial charge in [-0.1, -0.05) is 6.07 Å². The lowest BCUT2D eigenvalue weighted by Crippen LogP contribution is -2.24. The Kier molecular flexibility index (Phi) is 6.19. The molecule has 7 nitrogen and oxygen atoms in total. The molecule has 1 amide bonds. The zero-order valence-electron chi connectivity index (χ0n) is 18.6. The van der Waals surface area contributed by atoms with Crippen LogP contribution in [-0.2, 0) is 20.1 Å². The summed E-state index contributed by atoms with van der Waals surface area (Å²) in [5.74, 6) is -1.82. The Balaban J connectivity index is 1.26. The van der Waals surface area contributed by atoms with Crippen molar-refractivity contribution in [3.05, 3.63) is 94.9 Å². The summed E-state index contributed by atoms with van der Waals surface area (Å²) in [4.78, 5) is 27.9. The molecule has 5 aromatic rings. The Morgan fingerprint density at radius 3 is 2.77 bits per heavy atom. The maximum atomic E-state index is 13.4. The van der Waals surface area contributed by atoms with E-state index in [1.165, 1.54) is 6.07 Å². The fourth-order valence-corrected chi connectivity index (χ4v) is 4.52. The van der Waals surface area contributed by atoms with Gasteiger partial charge in [0.2, 0.25) is 0 Å². The molecule has 5 rings (SSSR count). The summed E-state index contributed by atoms with van der Waals surface area (Å²) < 4.78 is 28.5. The number of fused-ring (bicyclic) bond motifs is 1. The van der Waals surface area contributed by atoms with Crippen molar-refractivity contribution in [3.8, 4) is 10.6 Å². The average molecular weight is 491 g/mol. The molecule has 0 spiro atoms. The molecule has 10 heteroatoms. The molecule has 1 aromatic carbocycles. The third-order valence-electron chi connectivity index (χ3n) is 5.45. The molecule has 176 valence electrons. The molecular weight excluding hydrogens is 470 g/mol. The van der Waals surface area contributed by atoms with Gasteiger partial charge in [-0.2, -0.15) is 0 Å². The highest BCUT2D eigenvalue weighted by atomic mass is 32.1. The standard InChI is InChI=1S/C25H20F2N6OS/c1-33-14-32-21-13-29-20(10-22(21)33)23-7-5-16(35-23)12-30-24-17(3-2-8-28-24)25(34)31-11-15-4-6-18(26)19(27)9-15/h2-10,13-14H,11-12H2,1H3,(H,28,30)(H,31,34). The van der Waals surface area contributed by atoms with Crippen LogP contribution in [0.2, 0.25) is 0 Å². The van der Waals surface area contributed by atoms with Crippen molar-refractivity contribution in [1.82, 2.24) is 24.8 Å². The van der Waals surface area contributed by atoms with Crippen LogP contribution in [0, 0.1) is 11.6 Å². The summed E-state index contributed by atoms with van der Waals surface area (Å²) in [6.45, 7) is 0.533. The van der Waals surface area contributed by atoms with E-state index >= 15 is 0 Å². The van der Waals surface area contributed by atoms with Crippen LogP contribution < -0.4 is 10.6 Å². The predicted molar refractivity (Wildman–Crippen MR) is 131 cm³/mol. The molecule has 0 saturated heterocycles. The molecule has 0 aliphatic rings. The highest BCUT2D eigenvalue weighted by Gasteiger charge is 2.14. The minimum Gasteiger partial charge on any atom is -0.365 e. The van der Waals surface area contributed by atoms with Crippen LogP contribution in [0.3, 0.4) is 0 Å². The second-order valence-corrected chi connectivity index (χ2v) is 9.03. The largest absolute Gasteiger partial charge is 0.365 e. The van der Waals surface area contributed by atoms with Crippen LogP contribution in [0.15, 0.2) is 67.3 Å². The number of aromatic nitrogens is 4. The number of hydrogen-bond donors (Lipinski definition) is 2. The monoisotopic (exact) mass is 490 g/mol. The lowest BCUT2D eigenvalue weighted by atomic mass is 10.2. The van der Waals surface area contributed by atoms with E-state index < -0.39 is 11.6 Å². The van der Waals surface area contributed by atoms with E-state index in [9.17, 15) is 13.6 Å². The van der Waals surface area contributed by atoms with E-state index in [2.05, 4.69) is 25.6 Å². The molecule has 0 saturated carbocycles. The van der Waals surface area contributed by atoms with E-state index in [0.29, 0.717) is 23.5 Å². The maximum Gasteiger partial charge on any atom is 0.255 e. The Morgan fingerprint density at radius 1 is 1.03 bits per heavy atom. The molecule has 0 fully saturated rings. The van der Waals surface area contributed by atoms with Crippen LogP contribution >= 0.6 is 11.3 Å². The fourth-order valence-electron chi connectivity index (χ4n) is 3.60. The predicted octanol–water partition coefficient (Wildman–Crippen LogP) is 4.91. The van der Waals surface area contributed by atoms with Crippen molar-refractivity contribution < 1.29 is 13.6 Å². The first-order valence-electron chi connectivity index (χ1n) is 10.7. The van der Waals surface area contributed by atoms with Crippen molar-refractivity contribution in [2.24, 2.45) is 7.05 Å². The number of benzene rings is 1. The first-order chi connectivity index (χ1) is 17.0. The number of anilines is 1. The number of carbonyl (C=O) groups is 1. The van der Waals surface area contributed by atoms with Crippen LogP contribution in [0.25, 0.3) is 21.6 Å². The number of amides is 1. The fraction of sp³-hybridized carbons (Fsp3) is 0.120. The zero-order chi connectivity index (χ0) is 24.4. The molecule has 0 unspecified atom stereocenters. The van der Waals surface area contributed by atoms with Crippen LogP contribution in [-0.4, -0.2) is 25.4 Å². The molecule has 35 heavy (non-hydrogen) atoms. The molecule has 4 heterocycles. The highest BCUT2D eigenvalue weighted by Crippen LogP contribution is 2.29. The second kappa shape index (κ2) is 9.59. The van der Waals surface area contributed by atoms with Gasteiger partial charge in [-0.15, -0.1) is 11.3 Å². The first-order valence-corrected chi connectivity index (χ1v) is 11.6. The van der Waals surface area contributed by atoms with Crippen molar-refractivity contribution in [1.29, 1.82) is 0 Å². The third-order valence-corrected chi connectivity index (χ3v) is 6.55. The number of imidazole rings is 1. The molecule has 0 aliphatic heterocycles. The van der Waals surface area contributed by atoms with E-state index in [-0.39, 0.29) is 12.5 Å². The summed E-state index contributed by atoms with van der Waals surface area (Å²) in [6, 6.07) is 12.9. The van der Waals surface area contributed by atoms with Gasteiger partial charge in [-0.25, -0.2) is 18.7 Å². The number of nitrogens with zero attached hydrogens (tertiary/aromatic N) is 4. The second-order valence-electron chi connectivity index (χ2n) is 7.86. The zero-order valence-corrected chi connectivity index (χ0v) is 19.4. The molecule has 0 bridgehead atoms. The molecular formula is C25H20F2N6OS. The number of pyridine rings is 2. The number of nitrogens with one attached hydrogen (secondary N) is 2. The third kappa shape index (κ3) is 4.87. The normalized spacial score (nSPS) is 11.1. The van der Waals surface area contributed by atoms with Gasteiger partial charge < -0.3 is 15.2 Å². The minimum atomic E-state index is -0.953. The molecule has 0 atom stereocenters. The Morgan fingerprint density at radius 2 is 1.91 bits per heavy atom. The minimum absolute atomic E-state index is 0.0622. The lowest BCUT2D eigenvalue weighted by Gasteiger charge is -2.11. The van der Waals surface area contributed by atoms with Crippen molar-refractivity contribution in [3.63, 3.8) is 0 Å². The van der Waals surface area contributed by atoms with Crippen LogP contribution in [0.4, 0.5) is 14.6 Å². The van der Waals surface area contributed by atoms with Gasteiger partial charge in [-0.3, -0.25) is 9.78 Å². The molecule has 0 aliphatic carbocycles. The number of hydrogen-bond acceptors (Lipinski definition) is 6. The molecule has 2 N–H and O–H groups in total. The van der Waals surface area contributed by atoms with E-state index in [1.54, 1.807) is 42.2 Å². The van der Waals surface area contributed by atoms with Crippen molar-refractivity contribution >= 4 is 34.1 Å². The first kappa shape index (κ1) is 22.6. The summed E-state index contributed by atoms with van der Waals surface area (Å²) in [5.41, 5.74) is 3.54. The summed E-state index contributed by atoms with van der Waals surface area (Å²) in [5, 5.41) is 5.94. The van der Waals surface area contributed by atoms with Crippen LogP contribution in [0.1, 0.15) is 20.8 Å². The van der Waals surface area contributed by atoms with E-state index in [1.807, 2.05) is 29.8 Å². The van der Waals surface area contributed by atoms with Crippen molar-refractivity contribution in [2.75, 3.05) is 5.32 Å². The molecule has 0 radical (unpaired) electrons. The number of aryl methyl sites for hydroxylation is 1. The Labute approximate surface area is 203 Å². The van der Waals surface area contributed by atoms with E-state index in [0.717, 1.165) is 38.6 Å². The van der Waals surface area contributed by atoms with Crippen LogP contribution in [0.5, 0.6) is 0 Å². The number of halogens is 2. The number of carbonyl (C=O) groups excluding carboxylic acids is 1. The topological polar surface area (TPSA) is 84.7 Å². The van der Waals surface area contributed by atoms with Gasteiger partial charge >= 0.3 is 0 Å². The SMILES string of the molecule is Cn1cnc2cnc(-c3ccc(CNc4ncccc4C(=O)NCc4ccc(F)c(F)c4)s3)cc21. The van der Waals surface area contributed by atoms with Gasteiger partial charge in [0.15, 0.2) is 11.6 Å². The van der Waals surface area contributed by atoms with E-state index in [4.69, 9.17) is 0 Å². The quantitative estimate of drug-likeness (QED) is 0.339. The average Bonchev–Trinajstić information content (AvgIpc) is 3.50. The van der Waals surface area contributed by atoms with Gasteiger partial charge in [0.1, 0.15) is 11.3 Å². The Bertz CT molecular complexity index is 1530. The van der Waals surface area contributed by atoms with Gasteiger partial charge in [0, 0.05) is 24.7 Å². The van der Waals surface area contributed by atoms with Gasteiger partial charge in [0.05, 0.1) is 40.7 Å². The number of thiophene rings is 1. The Hall–Kier alpha value is -4.18. The summed E-state index contributed by atoms with van der Waals surface area (Å²) in [7, 11) is 1.95. The van der Waals surface area contributed by atoms with Gasteiger partial charge in [-0.05, 0) is 48.0 Å². The maximum absolute atomic E-state index is 13.4. The molecule has 4 aromatic heterocycles. The highest BCUT2D eigenvalue weighted by molar-refractivity contribution is 7.15. The van der Waals surface area contributed by atoms with Gasteiger partial charge in [0.25, 0.3) is 5.91 Å². The summed E-state index contributed by atoms with van der Waals surface area (Å²) >= 11 is 1.60. The lowest BCUT2D eigenvalue weighted by molar-refractivity contribution is 0.0951.